The first-order valence-electron chi connectivity index (χ1n) is 6.67. The van der Waals surface area contributed by atoms with Crippen LogP contribution in [-0.2, 0) is 10.2 Å². The minimum atomic E-state index is -0.497. The van der Waals surface area contributed by atoms with Gasteiger partial charge in [-0.1, -0.05) is 32.9 Å². The van der Waals surface area contributed by atoms with Crippen LogP contribution in [0.3, 0.4) is 0 Å². The van der Waals surface area contributed by atoms with Gasteiger partial charge in [0.15, 0.2) is 6.29 Å². The van der Waals surface area contributed by atoms with Gasteiger partial charge in [-0.3, -0.25) is 4.79 Å². The molecule has 0 saturated carbocycles. The molecule has 0 atom stereocenters. The SMILES string of the molecule is CCOC(=O)c1[nH]c2cc(C(C)(C)C)ccc2c1C=O. The maximum Gasteiger partial charge on any atom is 0.355 e. The molecular formula is C16H19NO3. The molecule has 106 valence electrons. The molecule has 2 rings (SSSR count). The Bertz CT molecular complexity index is 662. The molecule has 1 N–H and O–H groups in total. The second-order valence-corrected chi connectivity index (χ2v) is 5.76. The molecule has 0 amide bonds. The Balaban J connectivity index is 2.62. The van der Waals surface area contributed by atoms with Crippen molar-refractivity contribution in [3.05, 3.63) is 35.0 Å². The number of ether oxygens (including phenoxy) is 1. The summed E-state index contributed by atoms with van der Waals surface area (Å²) in [5.74, 6) is -0.497. The van der Waals surface area contributed by atoms with Crippen LogP contribution in [-0.4, -0.2) is 23.8 Å². The summed E-state index contributed by atoms with van der Waals surface area (Å²) in [5, 5.41) is 0.746. The Morgan fingerprint density at radius 1 is 1.35 bits per heavy atom. The molecule has 1 aromatic heterocycles. The smallest absolute Gasteiger partial charge is 0.355 e. The highest BCUT2D eigenvalue weighted by molar-refractivity contribution is 6.08. The van der Waals surface area contributed by atoms with Crippen molar-refractivity contribution in [1.82, 2.24) is 4.98 Å². The van der Waals surface area contributed by atoms with Crippen molar-refractivity contribution >= 4 is 23.2 Å². The quantitative estimate of drug-likeness (QED) is 0.688. The molecule has 4 heteroatoms. The number of benzene rings is 1. The molecule has 0 fully saturated rings. The van der Waals surface area contributed by atoms with Gasteiger partial charge < -0.3 is 9.72 Å². The van der Waals surface area contributed by atoms with Crippen molar-refractivity contribution in [2.75, 3.05) is 6.61 Å². The largest absolute Gasteiger partial charge is 0.461 e. The average Bonchev–Trinajstić information content (AvgIpc) is 2.75. The first-order valence-corrected chi connectivity index (χ1v) is 6.67. The zero-order valence-corrected chi connectivity index (χ0v) is 12.2. The first-order chi connectivity index (χ1) is 9.38. The normalized spacial score (nSPS) is 11.6. The Labute approximate surface area is 118 Å². The fraction of sp³-hybridized carbons (Fsp3) is 0.375. The molecule has 0 aliphatic carbocycles. The van der Waals surface area contributed by atoms with E-state index in [0.29, 0.717) is 11.8 Å². The number of carbonyl (C=O) groups is 2. The number of hydrogen-bond acceptors (Lipinski definition) is 3. The lowest BCUT2D eigenvalue weighted by atomic mass is 9.86. The van der Waals surface area contributed by atoms with Gasteiger partial charge >= 0.3 is 5.97 Å². The highest BCUT2D eigenvalue weighted by Gasteiger charge is 2.20. The number of hydrogen-bond donors (Lipinski definition) is 1. The van der Waals surface area contributed by atoms with Gasteiger partial charge in [0.2, 0.25) is 0 Å². The van der Waals surface area contributed by atoms with Crippen LogP contribution in [0, 0.1) is 0 Å². The van der Waals surface area contributed by atoms with E-state index in [0.717, 1.165) is 16.5 Å². The fourth-order valence-corrected chi connectivity index (χ4v) is 2.17. The van der Waals surface area contributed by atoms with Crippen molar-refractivity contribution in [3.8, 4) is 0 Å². The molecule has 0 unspecified atom stereocenters. The highest BCUT2D eigenvalue weighted by Crippen LogP contribution is 2.28. The number of aromatic nitrogens is 1. The maximum atomic E-state index is 11.9. The molecule has 1 heterocycles. The van der Waals surface area contributed by atoms with E-state index in [9.17, 15) is 9.59 Å². The van der Waals surface area contributed by atoms with Gasteiger partial charge in [0.1, 0.15) is 5.69 Å². The van der Waals surface area contributed by atoms with Gasteiger partial charge in [0.25, 0.3) is 0 Å². The minimum absolute atomic E-state index is 0.00470. The maximum absolute atomic E-state index is 11.9. The van der Waals surface area contributed by atoms with E-state index >= 15 is 0 Å². The molecule has 0 aliphatic heterocycles. The minimum Gasteiger partial charge on any atom is -0.461 e. The number of H-pyrrole nitrogens is 1. The van der Waals surface area contributed by atoms with Gasteiger partial charge in [-0.2, -0.15) is 0 Å². The fourth-order valence-electron chi connectivity index (χ4n) is 2.17. The number of aldehydes is 1. The van der Waals surface area contributed by atoms with E-state index in [1.807, 2.05) is 18.2 Å². The molecule has 0 bridgehead atoms. The van der Waals surface area contributed by atoms with Gasteiger partial charge in [0.05, 0.1) is 12.2 Å². The lowest BCUT2D eigenvalue weighted by Gasteiger charge is -2.18. The number of fused-ring (bicyclic) bond motifs is 1. The van der Waals surface area contributed by atoms with Crippen LogP contribution in [0.1, 0.15) is 54.1 Å². The summed E-state index contributed by atoms with van der Waals surface area (Å²) < 4.78 is 4.97. The molecular weight excluding hydrogens is 254 g/mol. The van der Waals surface area contributed by atoms with Crippen LogP contribution in [0.25, 0.3) is 10.9 Å². The van der Waals surface area contributed by atoms with Crippen molar-refractivity contribution in [2.45, 2.75) is 33.1 Å². The Kier molecular flexibility index (Phi) is 3.66. The number of nitrogens with one attached hydrogen (secondary N) is 1. The predicted octanol–water partition coefficient (Wildman–Crippen LogP) is 3.45. The van der Waals surface area contributed by atoms with Crippen molar-refractivity contribution in [3.63, 3.8) is 0 Å². The summed E-state index contributed by atoms with van der Waals surface area (Å²) in [6.45, 7) is 8.36. The van der Waals surface area contributed by atoms with Crippen LogP contribution in [0.5, 0.6) is 0 Å². The van der Waals surface area contributed by atoms with Gasteiger partial charge in [-0.05, 0) is 24.0 Å². The summed E-state index contributed by atoms with van der Waals surface area (Å²) in [7, 11) is 0. The summed E-state index contributed by atoms with van der Waals surface area (Å²) >= 11 is 0. The molecule has 0 radical (unpaired) electrons. The first kappa shape index (κ1) is 14.3. The van der Waals surface area contributed by atoms with E-state index in [2.05, 4.69) is 25.8 Å². The van der Waals surface area contributed by atoms with Crippen LogP contribution in [0.15, 0.2) is 18.2 Å². The average molecular weight is 273 g/mol. The third-order valence-corrected chi connectivity index (χ3v) is 3.30. The monoisotopic (exact) mass is 273 g/mol. The summed E-state index contributed by atoms with van der Waals surface area (Å²) in [6.07, 6.45) is 0.696. The summed E-state index contributed by atoms with van der Waals surface area (Å²) in [4.78, 5) is 26.1. The standard InChI is InChI=1S/C16H19NO3/c1-5-20-15(19)14-12(9-18)11-7-6-10(16(2,3)4)8-13(11)17-14/h6-9,17H,5H2,1-4H3. The highest BCUT2D eigenvalue weighted by atomic mass is 16.5. The van der Waals surface area contributed by atoms with E-state index in [4.69, 9.17) is 4.74 Å². The molecule has 0 spiro atoms. The summed E-state index contributed by atoms with van der Waals surface area (Å²) in [5.41, 5.74) is 2.51. The number of rotatable bonds is 3. The Hall–Kier alpha value is -2.10. The molecule has 1 aromatic carbocycles. The zero-order valence-electron chi connectivity index (χ0n) is 12.2. The van der Waals surface area contributed by atoms with Crippen LogP contribution in [0.2, 0.25) is 0 Å². The molecule has 2 aromatic rings. The lowest BCUT2D eigenvalue weighted by molar-refractivity contribution is 0.0518. The van der Waals surface area contributed by atoms with Crippen molar-refractivity contribution in [2.24, 2.45) is 0 Å². The Morgan fingerprint density at radius 3 is 2.60 bits per heavy atom. The number of aromatic amines is 1. The number of carbonyl (C=O) groups excluding carboxylic acids is 2. The van der Waals surface area contributed by atoms with E-state index in [1.54, 1.807) is 6.92 Å². The second-order valence-electron chi connectivity index (χ2n) is 5.76. The third kappa shape index (κ3) is 2.46. The molecule has 0 aliphatic rings. The number of esters is 1. The topological polar surface area (TPSA) is 59.2 Å². The predicted molar refractivity (Wildman–Crippen MR) is 78.3 cm³/mol. The molecule has 0 saturated heterocycles. The van der Waals surface area contributed by atoms with Gasteiger partial charge in [-0.25, -0.2) is 4.79 Å². The van der Waals surface area contributed by atoms with E-state index in [-0.39, 0.29) is 17.7 Å². The van der Waals surface area contributed by atoms with E-state index < -0.39 is 5.97 Å². The van der Waals surface area contributed by atoms with Gasteiger partial charge in [0, 0.05) is 10.9 Å². The Morgan fingerprint density at radius 2 is 2.05 bits per heavy atom. The van der Waals surface area contributed by atoms with Crippen LogP contribution in [0.4, 0.5) is 0 Å². The van der Waals surface area contributed by atoms with Crippen LogP contribution < -0.4 is 0 Å². The molecule has 4 nitrogen and oxygen atoms in total. The van der Waals surface area contributed by atoms with E-state index in [1.165, 1.54) is 0 Å². The molecule has 20 heavy (non-hydrogen) atoms. The zero-order chi connectivity index (χ0) is 14.9. The summed E-state index contributed by atoms with van der Waals surface area (Å²) in [6, 6.07) is 5.84. The van der Waals surface area contributed by atoms with Crippen molar-refractivity contribution < 1.29 is 14.3 Å². The second kappa shape index (κ2) is 5.12. The lowest BCUT2D eigenvalue weighted by Crippen LogP contribution is -2.10. The van der Waals surface area contributed by atoms with Crippen LogP contribution >= 0.6 is 0 Å². The van der Waals surface area contributed by atoms with Crippen molar-refractivity contribution in [1.29, 1.82) is 0 Å². The third-order valence-electron chi connectivity index (χ3n) is 3.30. The van der Waals surface area contributed by atoms with Gasteiger partial charge in [-0.15, -0.1) is 0 Å².